The Labute approximate surface area is 123 Å². The second-order valence-corrected chi connectivity index (χ2v) is 3.28. The fourth-order valence-electron chi connectivity index (χ4n) is 0.818. The summed E-state index contributed by atoms with van der Waals surface area (Å²) in [6, 6.07) is 0. The molecule has 0 radical (unpaired) electrons. The van der Waals surface area contributed by atoms with Gasteiger partial charge in [-0.3, -0.25) is 0 Å². The van der Waals surface area contributed by atoms with Gasteiger partial charge in [0.05, 0.1) is 12.2 Å². The van der Waals surface area contributed by atoms with Gasteiger partial charge in [-0.15, -0.1) is 0 Å². The molecule has 0 saturated heterocycles. The lowest BCUT2D eigenvalue weighted by atomic mass is 10.1. The Kier molecular flexibility index (Phi) is 8.52. The molecule has 0 aliphatic rings. The third-order valence-electron chi connectivity index (χ3n) is 1.78. The highest BCUT2D eigenvalue weighted by molar-refractivity contribution is 5.97. The molecule has 10 nitrogen and oxygen atoms in total. The predicted molar refractivity (Wildman–Crippen MR) is 65.9 cm³/mol. The maximum atomic E-state index is 11.5. The van der Waals surface area contributed by atoms with Gasteiger partial charge in [-0.05, 0) is 0 Å². The zero-order valence-corrected chi connectivity index (χ0v) is 11.1. The molecule has 0 aliphatic heterocycles. The molecule has 0 amide bonds. The minimum atomic E-state index is -1.85. The van der Waals surface area contributed by atoms with Crippen LogP contribution in [0.15, 0.2) is 37.0 Å². The van der Waals surface area contributed by atoms with E-state index in [2.05, 4.69) is 32.7 Å². The van der Waals surface area contributed by atoms with Gasteiger partial charge in [0.15, 0.2) is 0 Å². The third-order valence-corrected chi connectivity index (χ3v) is 1.78. The highest BCUT2D eigenvalue weighted by Gasteiger charge is 2.24. The Morgan fingerprint density at radius 3 is 1.82 bits per heavy atom. The monoisotopic (exact) mass is 316 g/mol. The Morgan fingerprint density at radius 1 is 0.909 bits per heavy atom. The topological polar surface area (TPSA) is 146 Å². The Hall–Kier alpha value is -2.98. The van der Waals surface area contributed by atoms with Crippen molar-refractivity contribution in [3.8, 4) is 0 Å². The van der Waals surface area contributed by atoms with Crippen LogP contribution in [0.4, 0.5) is 0 Å². The molecule has 0 aromatic heterocycles. The van der Waals surface area contributed by atoms with E-state index in [0.717, 1.165) is 0 Å². The number of aliphatic hydroxyl groups is 2. The first-order valence-corrected chi connectivity index (χ1v) is 5.46. The van der Waals surface area contributed by atoms with Crippen molar-refractivity contribution in [2.24, 2.45) is 0 Å². The van der Waals surface area contributed by atoms with Gasteiger partial charge >= 0.3 is 23.9 Å². The van der Waals surface area contributed by atoms with E-state index in [1.54, 1.807) is 0 Å². The summed E-state index contributed by atoms with van der Waals surface area (Å²) in [7, 11) is 0. The zero-order valence-electron chi connectivity index (χ0n) is 11.1. The average molecular weight is 316 g/mol. The van der Waals surface area contributed by atoms with E-state index in [1.165, 1.54) is 0 Å². The summed E-state index contributed by atoms with van der Waals surface area (Å²) in [6.07, 6.45) is -0.106. The molecule has 1 atom stereocenters. The lowest BCUT2D eigenvalue weighted by Gasteiger charge is -2.09. The summed E-state index contributed by atoms with van der Waals surface area (Å²) >= 11 is 0. The number of aliphatic hydroxyl groups excluding tert-OH is 2. The SMILES string of the molecule is C=CC(=O)OOC(=O)/C=C(\C(=O)OOC(=O)C=C)C(O)CO. The molecule has 22 heavy (non-hydrogen) atoms. The van der Waals surface area contributed by atoms with Gasteiger partial charge in [0.25, 0.3) is 0 Å². The molecular weight excluding hydrogens is 304 g/mol. The largest absolute Gasteiger partial charge is 0.393 e. The summed E-state index contributed by atoms with van der Waals surface area (Å²) in [5, 5.41) is 18.1. The van der Waals surface area contributed by atoms with Crippen LogP contribution in [0.5, 0.6) is 0 Å². The molecule has 0 heterocycles. The first-order valence-electron chi connectivity index (χ1n) is 5.46. The fourth-order valence-corrected chi connectivity index (χ4v) is 0.818. The maximum Gasteiger partial charge on any atom is 0.385 e. The Morgan fingerprint density at radius 2 is 1.36 bits per heavy atom. The van der Waals surface area contributed by atoms with Crippen molar-refractivity contribution >= 4 is 23.9 Å². The van der Waals surface area contributed by atoms with Gasteiger partial charge < -0.3 is 10.2 Å². The number of hydrogen-bond donors (Lipinski definition) is 2. The highest BCUT2D eigenvalue weighted by Crippen LogP contribution is 2.07. The molecule has 0 spiro atoms. The minimum Gasteiger partial charge on any atom is -0.393 e. The van der Waals surface area contributed by atoms with Gasteiger partial charge in [-0.25, -0.2) is 38.7 Å². The highest BCUT2D eigenvalue weighted by atomic mass is 17.2. The van der Waals surface area contributed by atoms with Crippen LogP contribution in [-0.2, 0) is 38.7 Å². The predicted octanol–water partition coefficient (Wildman–Crippen LogP) is -1.36. The molecular formula is C12H12O10. The summed E-state index contributed by atoms with van der Waals surface area (Å²) in [5.41, 5.74) is -0.820. The van der Waals surface area contributed by atoms with E-state index in [9.17, 15) is 24.3 Å². The summed E-state index contributed by atoms with van der Waals surface area (Å²) in [6.45, 7) is 5.10. The van der Waals surface area contributed by atoms with Gasteiger partial charge in [0, 0.05) is 18.2 Å². The average Bonchev–Trinajstić information content (AvgIpc) is 2.53. The third kappa shape index (κ3) is 6.98. The van der Waals surface area contributed by atoms with E-state index in [0.29, 0.717) is 18.2 Å². The molecule has 10 heteroatoms. The van der Waals surface area contributed by atoms with E-state index in [1.807, 2.05) is 0 Å². The molecule has 0 rings (SSSR count). The van der Waals surface area contributed by atoms with Gasteiger partial charge in [-0.1, -0.05) is 13.2 Å². The van der Waals surface area contributed by atoms with E-state index in [4.69, 9.17) is 5.11 Å². The van der Waals surface area contributed by atoms with Crippen LogP contribution in [0.25, 0.3) is 0 Å². The number of hydrogen-bond acceptors (Lipinski definition) is 10. The van der Waals surface area contributed by atoms with Crippen LogP contribution >= 0.6 is 0 Å². The Bertz CT molecular complexity index is 504. The molecule has 0 bridgehead atoms. The fraction of sp³-hybridized carbons (Fsp3) is 0.167. The smallest absolute Gasteiger partial charge is 0.385 e. The van der Waals surface area contributed by atoms with Crippen LogP contribution in [0.3, 0.4) is 0 Å². The van der Waals surface area contributed by atoms with Crippen LogP contribution in [-0.4, -0.2) is 46.8 Å². The second-order valence-electron chi connectivity index (χ2n) is 3.28. The second kappa shape index (κ2) is 9.85. The van der Waals surface area contributed by atoms with Crippen molar-refractivity contribution in [1.82, 2.24) is 0 Å². The van der Waals surface area contributed by atoms with Crippen LogP contribution in [0, 0.1) is 0 Å². The van der Waals surface area contributed by atoms with Crippen LogP contribution in [0.1, 0.15) is 0 Å². The van der Waals surface area contributed by atoms with E-state index < -0.39 is 42.2 Å². The van der Waals surface area contributed by atoms with Gasteiger partial charge in [0.2, 0.25) is 0 Å². The summed E-state index contributed by atoms with van der Waals surface area (Å²) in [5.74, 6) is -5.06. The summed E-state index contributed by atoms with van der Waals surface area (Å²) < 4.78 is 0. The minimum absolute atomic E-state index is 0.362. The number of carbonyl (C=O) groups excluding carboxylic acids is 4. The quantitative estimate of drug-likeness (QED) is 0.342. The first-order chi connectivity index (χ1) is 10.3. The summed E-state index contributed by atoms with van der Waals surface area (Å²) in [4.78, 5) is 59.9. The standard InChI is InChI=1S/C12H12O10/c1-3-9(15)19-21-11(17)5-7(8(14)6-13)12(18)22-20-10(16)4-2/h3-5,8,13-14H,1-2,6H2/b7-5-. The van der Waals surface area contributed by atoms with Crippen molar-refractivity contribution in [3.05, 3.63) is 37.0 Å². The number of rotatable bonds is 6. The molecule has 0 fully saturated rings. The lowest BCUT2D eigenvalue weighted by molar-refractivity contribution is -0.253. The van der Waals surface area contributed by atoms with Crippen molar-refractivity contribution in [1.29, 1.82) is 0 Å². The maximum absolute atomic E-state index is 11.5. The molecule has 2 N–H and O–H groups in total. The van der Waals surface area contributed by atoms with Crippen molar-refractivity contribution in [2.75, 3.05) is 6.61 Å². The molecule has 0 aromatic rings. The van der Waals surface area contributed by atoms with Crippen LogP contribution in [0.2, 0.25) is 0 Å². The van der Waals surface area contributed by atoms with E-state index in [-0.39, 0.29) is 0 Å². The normalized spacial score (nSPS) is 11.6. The van der Waals surface area contributed by atoms with Crippen LogP contribution < -0.4 is 0 Å². The molecule has 0 aliphatic carbocycles. The number of carbonyl (C=O) groups is 4. The molecule has 0 saturated carbocycles. The zero-order chi connectivity index (χ0) is 17.1. The Balaban J connectivity index is 4.91. The van der Waals surface area contributed by atoms with Gasteiger partial charge in [-0.2, -0.15) is 0 Å². The lowest BCUT2D eigenvalue weighted by Crippen LogP contribution is -2.25. The first kappa shape index (κ1) is 19.0. The van der Waals surface area contributed by atoms with Crippen molar-refractivity contribution < 1.29 is 48.9 Å². The van der Waals surface area contributed by atoms with Crippen molar-refractivity contribution in [2.45, 2.75) is 6.10 Å². The molecule has 0 aromatic carbocycles. The molecule has 1 unspecified atom stereocenters. The van der Waals surface area contributed by atoms with Crippen molar-refractivity contribution in [3.63, 3.8) is 0 Å². The van der Waals surface area contributed by atoms with Gasteiger partial charge in [0.1, 0.15) is 6.10 Å². The molecule has 120 valence electrons. The van der Waals surface area contributed by atoms with E-state index >= 15 is 0 Å².